The minimum Gasteiger partial charge on any atom is -0.339 e. The van der Waals surface area contributed by atoms with E-state index < -0.39 is 19.9 Å². The molecule has 0 aliphatic carbocycles. The van der Waals surface area contributed by atoms with Crippen LogP contribution in [0.5, 0.6) is 0 Å². The Morgan fingerprint density at radius 3 is 2.18 bits per heavy atom. The molecule has 1 aromatic carbocycles. The first-order chi connectivity index (χ1) is 12.9. The van der Waals surface area contributed by atoms with Gasteiger partial charge in [0.2, 0.25) is 15.9 Å². The third kappa shape index (κ3) is 6.00. The molecular formula is C18H29N3O5S2. The Balaban J connectivity index is 1.93. The van der Waals surface area contributed by atoms with Gasteiger partial charge in [0, 0.05) is 46.0 Å². The van der Waals surface area contributed by atoms with E-state index >= 15 is 0 Å². The SMILES string of the molecule is Cc1ccc(S(=O)(=O)N(C)CC(=O)N2CCN(CCS(C)(=O)=O)CC2)cc1C. The van der Waals surface area contributed by atoms with Crippen LogP contribution in [-0.2, 0) is 24.7 Å². The fourth-order valence-electron chi connectivity index (χ4n) is 2.95. The Bertz CT molecular complexity index is 921. The van der Waals surface area contributed by atoms with Gasteiger partial charge in [0.15, 0.2) is 0 Å². The van der Waals surface area contributed by atoms with Gasteiger partial charge < -0.3 is 4.90 Å². The van der Waals surface area contributed by atoms with Crippen LogP contribution in [-0.4, -0.2) is 95.2 Å². The third-order valence-electron chi connectivity index (χ3n) is 5.05. The van der Waals surface area contributed by atoms with Crippen molar-refractivity contribution in [3.05, 3.63) is 29.3 Å². The topological polar surface area (TPSA) is 95.1 Å². The standard InChI is InChI=1S/C18H29N3O5S2/c1-15-5-6-17(13-16(15)2)28(25,26)19(3)14-18(22)21-9-7-20(8-10-21)11-12-27(4,23)24/h5-6,13H,7-12,14H2,1-4H3. The van der Waals surface area contributed by atoms with Crippen molar-refractivity contribution in [2.75, 3.05) is 58.3 Å². The van der Waals surface area contributed by atoms with Crippen molar-refractivity contribution >= 4 is 25.8 Å². The number of sulfone groups is 1. The number of amides is 1. The molecule has 10 heteroatoms. The molecule has 0 spiro atoms. The highest BCUT2D eigenvalue weighted by molar-refractivity contribution is 7.90. The van der Waals surface area contributed by atoms with Gasteiger partial charge in [-0.1, -0.05) is 6.07 Å². The van der Waals surface area contributed by atoms with Crippen LogP contribution >= 0.6 is 0 Å². The second-order valence-electron chi connectivity index (χ2n) is 7.36. The summed E-state index contributed by atoms with van der Waals surface area (Å²) in [5.74, 6) is -0.157. The van der Waals surface area contributed by atoms with E-state index in [0.29, 0.717) is 32.7 Å². The molecule has 0 radical (unpaired) electrons. The molecule has 28 heavy (non-hydrogen) atoms. The van der Waals surface area contributed by atoms with Gasteiger partial charge in [-0.2, -0.15) is 4.31 Å². The molecule has 158 valence electrons. The number of piperazine rings is 1. The van der Waals surface area contributed by atoms with Crippen LogP contribution in [0.4, 0.5) is 0 Å². The molecule has 0 atom stereocenters. The summed E-state index contributed by atoms with van der Waals surface area (Å²) < 4.78 is 49.1. The Hall–Kier alpha value is -1.49. The molecule has 2 rings (SSSR count). The summed E-state index contributed by atoms with van der Waals surface area (Å²) in [4.78, 5) is 16.3. The number of likely N-dealkylation sites (N-methyl/N-ethyl adjacent to an activating group) is 1. The van der Waals surface area contributed by atoms with Crippen LogP contribution in [0.25, 0.3) is 0 Å². The zero-order valence-corrected chi connectivity index (χ0v) is 18.5. The highest BCUT2D eigenvalue weighted by atomic mass is 32.2. The van der Waals surface area contributed by atoms with Gasteiger partial charge in [-0.25, -0.2) is 16.8 Å². The molecule has 0 aromatic heterocycles. The first-order valence-electron chi connectivity index (χ1n) is 9.11. The zero-order chi connectivity index (χ0) is 21.1. The van der Waals surface area contributed by atoms with E-state index in [2.05, 4.69) is 0 Å². The highest BCUT2D eigenvalue weighted by Crippen LogP contribution is 2.18. The molecule has 0 saturated carbocycles. The number of nitrogens with zero attached hydrogens (tertiary/aromatic N) is 3. The van der Waals surface area contributed by atoms with E-state index in [1.807, 2.05) is 18.7 Å². The molecule has 1 saturated heterocycles. The third-order valence-corrected chi connectivity index (χ3v) is 7.77. The van der Waals surface area contributed by atoms with Crippen LogP contribution in [0.1, 0.15) is 11.1 Å². The summed E-state index contributed by atoms with van der Waals surface area (Å²) in [6, 6.07) is 4.93. The van der Waals surface area contributed by atoms with Gasteiger partial charge in [0.1, 0.15) is 9.84 Å². The smallest absolute Gasteiger partial charge is 0.243 e. The highest BCUT2D eigenvalue weighted by Gasteiger charge is 2.27. The molecule has 1 fully saturated rings. The molecule has 1 aliphatic heterocycles. The van der Waals surface area contributed by atoms with E-state index in [4.69, 9.17) is 0 Å². The molecule has 8 nitrogen and oxygen atoms in total. The molecule has 1 aromatic rings. The summed E-state index contributed by atoms with van der Waals surface area (Å²) in [5, 5.41) is 0. The summed E-state index contributed by atoms with van der Waals surface area (Å²) in [6.07, 6.45) is 1.21. The van der Waals surface area contributed by atoms with Crippen LogP contribution < -0.4 is 0 Å². The Morgan fingerprint density at radius 1 is 1.04 bits per heavy atom. The molecule has 0 N–H and O–H groups in total. The number of aryl methyl sites for hydroxylation is 2. The normalized spacial score (nSPS) is 16.5. The lowest BCUT2D eigenvalue weighted by Crippen LogP contribution is -2.52. The van der Waals surface area contributed by atoms with Crippen molar-refractivity contribution < 1.29 is 21.6 Å². The first kappa shape index (κ1) is 22.8. The van der Waals surface area contributed by atoms with Gasteiger partial charge >= 0.3 is 0 Å². The molecule has 1 heterocycles. The van der Waals surface area contributed by atoms with Gasteiger partial charge in [-0.05, 0) is 37.1 Å². The molecular weight excluding hydrogens is 402 g/mol. The lowest BCUT2D eigenvalue weighted by molar-refractivity contribution is -0.132. The van der Waals surface area contributed by atoms with Crippen LogP contribution in [0.3, 0.4) is 0 Å². The number of carbonyl (C=O) groups excluding carboxylic acids is 1. The second kappa shape index (κ2) is 8.89. The largest absolute Gasteiger partial charge is 0.339 e. The number of hydrogen-bond donors (Lipinski definition) is 0. The van der Waals surface area contributed by atoms with Gasteiger partial charge in [0.05, 0.1) is 17.2 Å². The van der Waals surface area contributed by atoms with Crippen molar-refractivity contribution in [2.45, 2.75) is 18.7 Å². The quantitative estimate of drug-likeness (QED) is 0.608. The van der Waals surface area contributed by atoms with E-state index in [1.54, 1.807) is 23.1 Å². The number of rotatable bonds is 7. The van der Waals surface area contributed by atoms with E-state index in [9.17, 15) is 21.6 Å². The van der Waals surface area contributed by atoms with Gasteiger partial charge in [-0.3, -0.25) is 9.69 Å². The number of benzene rings is 1. The summed E-state index contributed by atoms with van der Waals surface area (Å²) in [6.45, 7) is 6.06. The number of sulfonamides is 1. The number of hydrogen-bond acceptors (Lipinski definition) is 6. The first-order valence-corrected chi connectivity index (χ1v) is 12.6. The van der Waals surface area contributed by atoms with Crippen LogP contribution in [0.15, 0.2) is 23.1 Å². The maximum atomic E-state index is 12.7. The fraction of sp³-hybridized carbons (Fsp3) is 0.611. The average molecular weight is 432 g/mol. The molecule has 1 amide bonds. The van der Waals surface area contributed by atoms with E-state index in [1.165, 1.54) is 13.3 Å². The monoisotopic (exact) mass is 431 g/mol. The Kier molecular flexibility index (Phi) is 7.24. The maximum absolute atomic E-state index is 12.7. The maximum Gasteiger partial charge on any atom is 0.243 e. The predicted molar refractivity (Wildman–Crippen MR) is 108 cm³/mol. The summed E-state index contributed by atoms with van der Waals surface area (Å²) >= 11 is 0. The Morgan fingerprint density at radius 2 is 1.64 bits per heavy atom. The van der Waals surface area contributed by atoms with Crippen LogP contribution in [0, 0.1) is 13.8 Å². The molecule has 0 bridgehead atoms. The molecule has 1 aliphatic rings. The van der Waals surface area contributed by atoms with E-state index in [-0.39, 0.29) is 23.1 Å². The fourth-order valence-corrected chi connectivity index (χ4v) is 4.74. The van der Waals surface area contributed by atoms with E-state index in [0.717, 1.165) is 15.4 Å². The second-order valence-corrected chi connectivity index (χ2v) is 11.7. The van der Waals surface area contributed by atoms with Gasteiger partial charge in [-0.15, -0.1) is 0 Å². The average Bonchev–Trinajstić information content (AvgIpc) is 2.61. The lowest BCUT2D eigenvalue weighted by atomic mass is 10.1. The molecule has 0 unspecified atom stereocenters. The van der Waals surface area contributed by atoms with Crippen molar-refractivity contribution in [2.24, 2.45) is 0 Å². The Labute approximate surface area is 168 Å². The zero-order valence-electron chi connectivity index (χ0n) is 16.9. The van der Waals surface area contributed by atoms with Crippen molar-refractivity contribution in [3.63, 3.8) is 0 Å². The predicted octanol–water partition coefficient (Wildman–Crippen LogP) is 0.113. The van der Waals surface area contributed by atoms with Crippen molar-refractivity contribution in [1.29, 1.82) is 0 Å². The van der Waals surface area contributed by atoms with Crippen molar-refractivity contribution in [1.82, 2.24) is 14.1 Å². The minimum atomic E-state index is -3.74. The lowest BCUT2D eigenvalue weighted by Gasteiger charge is -2.35. The summed E-state index contributed by atoms with van der Waals surface area (Å²) in [5.41, 5.74) is 1.89. The van der Waals surface area contributed by atoms with Gasteiger partial charge in [0.25, 0.3) is 0 Å². The van der Waals surface area contributed by atoms with Crippen molar-refractivity contribution in [3.8, 4) is 0 Å². The number of carbonyl (C=O) groups is 1. The minimum absolute atomic E-state index is 0.0951. The van der Waals surface area contributed by atoms with Crippen LogP contribution in [0.2, 0.25) is 0 Å². The summed E-state index contributed by atoms with van der Waals surface area (Å²) in [7, 11) is -5.34.